The first-order valence-electron chi connectivity index (χ1n) is 8.41. The lowest BCUT2D eigenvalue weighted by molar-refractivity contribution is -0.139. The molecular formula is C18H20N4O5. The molecule has 0 aromatic carbocycles. The Bertz CT molecular complexity index is 1050. The van der Waals surface area contributed by atoms with E-state index in [1.165, 1.54) is 17.6 Å². The number of methoxy groups -OCH3 is 2. The molecule has 9 nitrogen and oxygen atoms in total. The van der Waals surface area contributed by atoms with E-state index in [2.05, 4.69) is 15.0 Å². The second-order valence-corrected chi connectivity index (χ2v) is 5.87. The largest absolute Gasteiger partial charge is 0.468 e. The number of nitrogens with one attached hydrogen (secondary N) is 1. The summed E-state index contributed by atoms with van der Waals surface area (Å²) in [6.07, 6.45) is 2.26. The standard InChI is InChI=1S/C18H20N4O5/c1-26-9-5-8-21-13(17(24)19-11-15(23)27-2)10-12-16(21)20-14-6-3-4-7-22(14)18(12)25/h3-4,6-7,10H,5,8-9,11H2,1-2H3,(H,19,24). The maximum Gasteiger partial charge on any atom is 0.325 e. The zero-order chi connectivity index (χ0) is 19.4. The molecule has 0 unspecified atom stereocenters. The van der Waals surface area contributed by atoms with Crippen LogP contribution in [-0.4, -0.2) is 53.2 Å². The lowest BCUT2D eigenvalue weighted by Gasteiger charge is -2.10. The van der Waals surface area contributed by atoms with Crippen molar-refractivity contribution in [3.05, 3.63) is 46.5 Å². The van der Waals surface area contributed by atoms with E-state index in [4.69, 9.17) is 4.74 Å². The summed E-state index contributed by atoms with van der Waals surface area (Å²) in [5.41, 5.74) is 0.904. The van der Waals surface area contributed by atoms with E-state index in [0.29, 0.717) is 36.3 Å². The van der Waals surface area contributed by atoms with E-state index in [1.54, 1.807) is 36.1 Å². The van der Waals surface area contributed by atoms with Gasteiger partial charge in [0.15, 0.2) is 0 Å². The molecule has 0 aliphatic rings. The Morgan fingerprint density at radius 1 is 1.26 bits per heavy atom. The number of aryl methyl sites for hydroxylation is 1. The maximum atomic E-state index is 12.8. The molecule has 1 amide bonds. The molecule has 0 spiro atoms. The molecule has 0 atom stereocenters. The van der Waals surface area contributed by atoms with Crippen molar-refractivity contribution in [1.29, 1.82) is 0 Å². The number of pyridine rings is 1. The van der Waals surface area contributed by atoms with Crippen LogP contribution in [0.25, 0.3) is 16.7 Å². The Balaban J connectivity index is 2.10. The van der Waals surface area contributed by atoms with Crippen LogP contribution >= 0.6 is 0 Å². The van der Waals surface area contributed by atoms with E-state index in [9.17, 15) is 14.4 Å². The molecule has 0 saturated carbocycles. The topological polar surface area (TPSA) is 104 Å². The zero-order valence-electron chi connectivity index (χ0n) is 15.1. The first-order valence-corrected chi connectivity index (χ1v) is 8.41. The molecule has 0 saturated heterocycles. The molecule has 9 heteroatoms. The number of nitrogens with zero attached hydrogens (tertiary/aromatic N) is 3. The predicted molar refractivity (Wildman–Crippen MR) is 97.8 cm³/mol. The summed E-state index contributed by atoms with van der Waals surface area (Å²) in [4.78, 5) is 41.2. The first-order chi connectivity index (χ1) is 13.1. The van der Waals surface area contributed by atoms with Gasteiger partial charge in [-0.05, 0) is 24.6 Å². The summed E-state index contributed by atoms with van der Waals surface area (Å²) >= 11 is 0. The van der Waals surface area contributed by atoms with Gasteiger partial charge in [0, 0.05) is 26.5 Å². The average molecular weight is 372 g/mol. The summed E-state index contributed by atoms with van der Waals surface area (Å²) in [5.74, 6) is -1.04. The Morgan fingerprint density at radius 2 is 2.07 bits per heavy atom. The van der Waals surface area contributed by atoms with Crippen LogP contribution in [0.2, 0.25) is 0 Å². The molecule has 1 N–H and O–H groups in total. The Hall–Kier alpha value is -3.20. The number of carbonyl (C=O) groups excluding carboxylic acids is 2. The molecule has 3 aromatic heterocycles. The third-order valence-electron chi connectivity index (χ3n) is 4.16. The van der Waals surface area contributed by atoms with Gasteiger partial charge in [0.2, 0.25) is 0 Å². The number of amides is 1. The molecule has 3 heterocycles. The molecule has 0 radical (unpaired) electrons. The second kappa shape index (κ2) is 8.00. The SMILES string of the molecule is COCCCn1c(C(=O)NCC(=O)OC)cc2c(=O)n3ccccc3nc21. The van der Waals surface area contributed by atoms with Crippen molar-refractivity contribution in [2.24, 2.45) is 0 Å². The van der Waals surface area contributed by atoms with E-state index >= 15 is 0 Å². The van der Waals surface area contributed by atoms with E-state index in [0.717, 1.165) is 0 Å². The molecule has 3 aromatic rings. The number of aromatic nitrogens is 3. The molecular weight excluding hydrogens is 352 g/mol. The number of hydrogen-bond acceptors (Lipinski definition) is 6. The van der Waals surface area contributed by atoms with Crippen LogP contribution in [0.3, 0.4) is 0 Å². The summed E-state index contributed by atoms with van der Waals surface area (Å²) in [6, 6.07) is 6.76. The number of hydrogen-bond donors (Lipinski definition) is 1. The molecule has 27 heavy (non-hydrogen) atoms. The molecule has 0 bridgehead atoms. The van der Waals surface area contributed by atoms with Crippen molar-refractivity contribution < 1.29 is 19.1 Å². The van der Waals surface area contributed by atoms with Crippen LogP contribution in [0.5, 0.6) is 0 Å². The van der Waals surface area contributed by atoms with Crippen LogP contribution in [0.4, 0.5) is 0 Å². The Morgan fingerprint density at radius 3 is 2.81 bits per heavy atom. The van der Waals surface area contributed by atoms with E-state index < -0.39 is 11.9 Å². The second-order valence-electron chi connectivity index (χ2n) is 5.87. The zero-order valence-corrected chi connectivity index (χ0v) is 15.1. The van der Waals surface area contributed by atoms with Gasteiger partial charge < -0.3 is 19.4 Å². The van der Waals surface area contributed by atoms with Crippen molar-refractivity contribution in [1.82, 2.24) is 19.3 Å². The predicted octanol–water partition coefficient (Wildman–Crippen LogP) is 0.589. The van der Waals surface area contributed by atoms with Gasteiger partial charge in [0.1, 0.15) is 23.5 Å². The molecule has 0 aliphatic carbocycles. The van der Waals surface area contributed by atoms with Crippen molar-refractivity contribution in [2.45, 2.75) is 13.0 Å². The number of rotatable bonds is 7. The smallest absolute Gasteiger partial charge is 0.325 e. The minimum Gasteiger partial charge on any atom is -0.468 e. The third kappa shape index (κ3) is 3.68. The van der Waals surface area contributed by atoms with Crippen molar-refractivity contribution in [2.75, 3.05) is 27.4 Å². The summed E-state index contributed by atoms with van der Waals surface area (Å²) in [6.45, 7) is 0.673. The molecule has 0 fully saturated rings. The van der Waals surface area contributed by atoms with E-state index in [1.807, 2.05) is 0 Å². The minimum atomic E-state index is -0.561. The first kappa shape index (κ1) is 18.6. The lowest BCUT2D eigenvalue weighted by atomic mass is 10.3. The Labute approximate surface area is 154 Å². The maximum absolute atomic E-state index is 12.8. The van der Waals surface area contributed by atoms with Gasteiger partial charge in [-0.25, -0.2) is 4.98 Å². The van der Waals surface area contributed by atoms with Crippen molar-refractivity contribution >= 4 is 28.6 Å². The highest BCUT2D eigenvalue weighted by Gasteiger charge is 2.20. The van der Waals surface area contributed by atoms with E-state index in [-0.39, 0.29) is 17.8 Å². The fraction of sp³-hybridized carbons (Fsp3) is 0.333. The highest BCUT2D eigenvalue weighted by atomic mass is 16.5. The summed E-state index contributed by atoms with van der Waals surface area (Å²) in [7, 11) is 2.84. The lowest BCUT2D eigenvalue weighted by Crippen LogP contribution is -2.31. The summed E-state index contributed by atoms with van der Waals surface area (Å²) in [5, 5.41) is 2.83. The fourth-order valence-corrected chi connectivity index (χ4v) is 2.85. The van der Waals surface area contributed by atoms with Crippen molar-refractivity contribution in [3.63, 3.8) is 0 Å². The van der Waals surface area contributed by atoms with Gasteiger partial charge in [-0.2, -0.15) is 0 Å². The van der Waals surface area contributed by atoms with Crippen LogP contribution in [0, 0.1) is 0 Å². The van der Waals surface area contributed by atoms with Gasteiger partial charge in [-0.3, -0.25) is 18.8 Å². The average Bonchev–Trinajstić information content (AvgIpc) is 3.05. The number of fused-ring (bicyclic) bond motifs is 2. The van der Waals surface area contributed by atoms with Gasteiger partial charge in [-0.1, -0.05) is 6.07 Å². The minimum absolute atomic E-state index is 0.255. The van der Waals surface area contributed by atoms with Gasteiger partial charge in [0.25, 0.3) is 11.5 Å². The van der Waals surface area contributed by atoms with Gasteiger partial charge in [0.05, 0.1) is 12.5 Å². The molecule has 3 rings (SSSR count). The normalized spacial score (nSPS) is 11.0. The number of carbonyl (C=O) groups is 2. The quantitative estimate of drug-likeness (QED) is 0.481. The summed E-state index contributed by atoms with van der Waals surface area (Å²) < 4.78 is 12.7. The van der Waals surface area contributed by atoms with Gasteiger partial charge >= 0.3 is 5.97 Å². The van der Waals surface area contributed by atoms with Crippen molar-refractivity contribution in [3.8, 4) is 0 Å². The number of ether oxygens (including phenoxy) is 2. The van der Waals surface area contributed by atoms with Crippen LogP contribution in [0.15, 0.2) is 35.3 Å². The van der Waals surface area contributed by atoms with Gasteiger partial charge in [-0.15, -0.1) is 0 Å². The highest BCUT2D eigenvalue weighted by Crippen LogP contribution is 2.17. The molecule has 142 valence electrons. The Kier molecular flexibility index (Phi) is 5.51. The molecule has 0 aliphatic heterocycles. The van der Waals surface area contributed by atoms with Crippen LogP contribution < -0.4 is 10.9 Å². The van der Waals surface area contributed by atoms with Crippen LogP contribution in [0.1, 0.15) is 16.9 Å². The number of esters is 1. The van der Waals surface area contributed by atoms with Crippen LogP contribution in [-0.2, 0) is 20.8 Å². The highest BCUT2D eigenvalue weighted by molar-refractivity contribution is 5.99. The fourth-order valence-electron chi connectivity index (χ4n) is 2.85. The monoisotopic (exact) mass is 372 g/mol. The third-order valence-corrected chi connectivity index (χ3v) is 4.16.